The van der Waals surface area contributed by atoms with Crippen LogP contribution in [0.2, 0.25) is 0 Å². The maximum absolute atomic E-state index is 12.8. The van der Waals surface area contributed by atoms with Crippen LogP contribution in [0.25, 0.3) is 0 Å². The molecule has 7 nitrogen and oxygen atoms in total. The first-order valence-electron chi connectivity index (χ1n) is 9.99. The summed E-state index contributed by atoms with van der Waals surface area (Å²) in [7, 11) is 0. The van der Waals surface area contributed by atoms with Gasteiger partial charge in [0.2, 0.25) is 5.91 Å². The number of nitrogens with zero attached hydrogens (tertiary/aromatic N) is 4. The van der Waals surface area contributed by atoms with E-state index in [2.05, 4.69) is 15.7 Å². The van der Waals surface area contributed by atoms with Gasteiger partial charge in [-0.25, -0.2) is 9.78 Å². The molecule has 7 heteroatoms. The molecule has 2 saturated heterocycles. The molecule has 26 heavy (non-hydrogen) atoms. The number of piperidine rings is 1. The lowest BCUT2D eigenvalue weighted by Gasteiger charge is -2.35. The zero-order valence-corrected chi connectivity index (χ0v) is 15.3. The van der Waals surface area contributed by atoms with E-state index in [4.69, 9.17) is 5.73 Å². The molecule has 0 unspecified atom stereocenters. The molecule has 2 N–H and O–H groups in total. The van der Waals surface area contributed by atoms with E-state index in [0.717, 1.165) is 51.2 Å². The second-order valence-electron chi connectivity index (χ2n) is 8.02. The normalized spacial score (nSPS) is 24.7. The summed E-state index contributed by atoms with van der Waals surface area (Å²) in [6.07, 6.45) is 11.5. The van der Waals surface area contributed by atoms with Gasteiger partial charge in [0.25, 0.3) is 0 Å². The molecular weight excluding hydrogens is 330 g/mol. The number of rotatable bonds is 4. The zero-order valence-electron chi connectivity index (χ0n) is 15.3. The van der Waals surface area contributed by atoms with Gasteiger partial charge in [-0.05, 0) is 44.4 Å². The van der Waals surface area contributed by atoms with Crippen molar-refractivity contribution < 1.29 is 9.59 Å². The minimum atomic E-state index is -0.478. The van der Waals surface area contributed by atoms with E-state index in [1.54, 1.807) is 0 Å². The molecule has 1 aliphatic carbocycles. The molecule has 1 atom stereocenters. The number of imidazole rings is 1. The number of carbonyl (C=O) groups is 2. The van der Waals surface area contributed by atoms with Crippen molar-refractivity contribution in [1.29, 1.82) is 0 Å². The SMILES string of the molecule is NC(=O)N1CCC[C@H]1C(=O)N1CCC(c2nccn2CC2CCC2)CC1. The Balaban J connectivity index is 1.35. The minimum Gasteiger partial charge on any atom is -0.351 e. The van der Waals surface area contributed by atoms with Crippen LogP contribution < -0.4 is 5.73 Å². The van der Waals surface area contributed by atoms with E-state index in [-0.39, 0.29) is 11.9 Å². The first-order chi connectivity index (χ1) is 12.6. The van der Waals surface area contributed by atoms with Crippen molar-refractivity contribution in [3.8, 4) is 0 Å². The van der Waals surface area contributed by atoms with Gasteiger partial charge in [0, 0.05) is 44.5 Å². The number of nitrogens with two attached hydrogens (primary N) is 1. The Morgan fingerprint density at radius 1 is 1.08 bits per heavy atom. The molecule has 142 valence electrons. The molecule has 3 heterocycles. The molecule has 3 aliphatic rings. The number of urea groups is 1. The monoisotopic (exact) mass is 359 g/mol. The molecule has 0 spiro atoms. The van der Waals surface area contributed by atoms with Crippen LogP contribution >= 0.6 is 0 Å². The van der Waals surface area contributed by atoms with E-state index in [1.165, 1.54) is 30.0 Å². The molecule has 4 rings (SSSR count). The van der Waals surface area contributed by atoms with Gasteiger partial charge in [0.1, 0.15) is 11.9 Å². The fraction of sp³-hybridized carbons (Fsp3) is 0.737. The lowest BCUT2D eigenvalue weighted by atomic mass is 9.85. The zero-order chi connectivity index (χ0) is 18.1. The van der Waals surface area contributed by atoms with Gasteiger partial charge < -0.3 is 20.1 Å². The topological polar surface area (TPSA) is 84.5 Å². The Morgan fingerprint density at radius 3 is 2.50 bits per heavy atom. The smallest absolute Gasteiger partial charge is 0.315 e. The predicted octanol–water partition coefficient (Wildman–Crippen LogP) is 1.93. The molecule has 0 radical (unpaired) electrons. The summed E-state index contributed by atoms with van der Waals surface area (Å²) in [5, 5.41) is 0. The van der Waals surface area contributed by atoms with Gasteiger partial charge in [-0.15, -0.1) is 0 Å². The number of hydrogen-bond acceptors (Lipinski definition) is 3. The molecule has 1 saturated carbocycles. The first kappa shape index (κ1) is 17.4. The lowest BCUT2D eigenvalue weighted by Crippen LogP contribution is -2.51. The van der Waals surface area contributed by atoms with E-state index >= 15 is 0 Å². The molecule has 3 fully saturated rings. The van der Waals surface area contributed by atoms with Crippen molar-refractivity contribution in [2.45, 2.75) is 63.5 Å². The van der Waals surface area contributed by atoms with E-state index < -0.39 is 6.03 Å². The van der Waals surface area contributed by atoms with Gasteiger partial charge in [-0.3, -0.25) is 4.79 Å². The third kappa shape index (κ3) is 3.31. The fourth-order valence-corrected chi connectivity index (χ4v) is 4.64. The standard InChI is InChI=1S/C19H29N5O2/c20-19(26)24-9-2-5-16(24)18(25)22-10-6-15(7-11-22)17-21-8-12-23(17)13-14-3-1-4-14/h8,12,14-16H,1-7,9-11,13H2,(H2,20,26)/t16-/m0/s1. The first-order valence-corrected chi connectivity index (χ1v) is 9.99. The quantitative estimate of drug-likeness (QED) is 0.891. The van der Waals surface area contributed by atoms with Crippen LogP contribution in [0.5, 0.6) is 0 Å². The molecular formula is C19H29N5O2. The third-order valence-corrected chi connectivity index (χ3v) is 6.42. The van der Waals surface area contributed by atoms with E-state index in [9.17, 15) is 9.59 Å². The maximum Gasteiger partial charge on any atom is 0.315 e. The molecule has 0 bridgehead atoms. The number of amides is 3. The second kappa shape index (κ2) is 7.29. The number of carbonyl (C=O) groups excluding carboxylic acids is 2. The predicted molar refractivity (Wildman–Crippen MR) is 97.4 cm³/mol. The molecule has 1 aromatic rings. The van der Waals surface area contributed by atoms with Crippen LogP contribution in [0.4, 0.5) is 4.79 Å². The highest BCUT2D eigenvalue weighted by Gasteiger charge is 2.37. The Morgan fingerprint density at radius 2 is 1.85 bits per heavy atom. The average Bonchev–Trinajstić information content (AvgIpc) is 3.27. The van der Waals surface area contributed by atoms with Crippen LogP contribution in [0.3, 0.4) is 0 Å². The van der Waals surface area contributed by atoms with Crippen molar-refractivity contribution in [3.63, 3.8) is 0 Å². The second-order valence-corrected chi connectivity index (χ2v) is 8.02. The Bertz CT molecular complexity index is 661. The van der Waals surface area contributed by atoms with Crippen molar-refractivity contribution in [2.24, 2.45) is 11.7 Å². The van der Waals surface area contributed by atoms with Gasteiger partial charge in [0.05, 0.1) is 0 Å². The highest BCUT2D eigenvalue weighted by molar-refractivity contribution is 5.87. The van der Waals surface area contributed by atoms with Gasteiger partial charge >= 0.3 is 6.03 Å². The molecule has 1 aromatic heterocycles. The summed E-state index contributed by atoms with van der Waals surface area (Å²) >= 11 is 0. The Kier molecular flexibility index (Phi) is 4.87. The number of hydrogen-bond donors (Lipinski definition) is 1. The minimum absolute atomic E-state index is 0.0672. The highest BCUT2D eigenvalue weighted by atomic mass is 16.2. The largest absolute Gasteiger partial charge is 0.351 e. The van der Waals surface area contributed by atoms with Crippen molar-refractivity contribution in [1.82, 2.24) is 19.4 Å². The van der Waals surface area contributed by atoms with E-state index in [1.807, 2.05) is 11.1 Å². The van der Waals surface area contributed by atoms with E-state index in [0.29, 0.717) is 12.5 Å². The van der Waals surface area contributed by atoms with Crippen LogP contribution in [-0.2, 0) is 11.3 Å². The summed E-state index contributed by atoms with van der Waals surface area (Å²) in [5.74, 6) is 2.48. The molecule has 0 aromatic carbocycles. The van der Waals surface area contributed by atoms with Crippen LogP contribution in [0, 0.1) is 5.92 Å². The van der Waals surface area contributed by atoms with Crippen LogP contribution in [0.15, 0.2) is 12.4 Å². The third-order valence-electron chi connectivity index (χ3n) is 6.42. The highest BCUT2D eigenvalue weighted by Crippen LogP contribution is 2.32. The van der Waals surface area contributed by atoms with Crippen molar-refractivity contribution in [3.05, 3.63) is 18.2 Å². The van der Waals surface area contributed by atoms with Crippen molar-refractivity contribution in [2.75, 3.05) is 19.6 Å². The molecule has 2 aliphatic heterocycles. The van der Waals surface area contributed by atoms with Crippen LogP contribution in [-0.4, -0.2) is 57.0 Å². The Labute approximate surface area is 154 Å². The number of primary amides is 1. The average molecular weight is 359 g/mol. The van der Waals surface area contributed by atoms with Crippen molar-refractivity contribution >= 4 is 11.9 Å². The van der Waals surface area contributed by atoms with Gasteiger partial charge in [0.15, 0.2) is 0 Å². The summed E-state index contributed by atoms with van der Waals surface area (Å²) in [6, 6.07) is -0.835. The maximum atomic E-state index is 12.8. The summed E-state index contributed by atoms with van der Waals surface area (Å²) in [6.45, 7) is 3.16. The summed E-state index contributed by atoms with van der Waals surface area (Å²) in [5.41, 5.74) is 5.42. The fourth-order valence-electron chi connectivity index (χ4n) is 4.64. The lowest BCUT2D eigenvalue weighted by molar-refractivity contribution is -0.136. The van der Waals surface area contributed by atoms with Gasteiger partial charge in [-0.2, -0.15) is 0 Å². The summed E-state index contributed by atoms with van der Waals surface area (Å²) < 4.78 is 2.33. The molecule has 3 amide bonds. The number of aromatic nitrogens is 2. The van der Waals surface area contributed by atoms with Gasteiger partial charge in [-0.1, -0.05) is 6.42 Å². The summed E-state index contributed by atoms with van der Waals surface area (Å²) in [4.78, 5) is 32.4. The Hall–Kier alpha value is -2.05. The number of likely N-dealkylation sites (tertiary alicyclic amines) is 2. The van der Waals surface area contributed by atoms with Crippen LogP contribution in [0.1, 0.15) is 56.7 Å².